The molecule has 0 spiro atoms. The quantitative estimate of drug-likeness (QED) is 0.428. The van der Waals surface area contributed by atoms with E-state index in [0.29, 0.717) is 0 Å². The average molecular weight is 280 g/mol. The van der Waals surface area contributed by atoms with E-state index in [4.69, 9.17) is 4.74 Å². The Morgan fingerprint density at radius 2 is 1.80 bits per heavy atom. The highest BCUT2D eigenvalue weighted by atomic mass is 16.5. The van der Waals surface area contributed by atoms with Crippen LogP contribution in [0.5, 0.6) is 0 Å². The van der Waals surface area contributed by atoms with Gasteiger partial charge in [-0.25, -0.2) is 4.79 Å². The van der Waals surface area contributed by atoms with Crippen LogP contribution in [-0.4, -0.2) is 56.9 Å². The van der Waals surface area contributed by atoms with E-state index in [2.05, 4.69) is 0 Å². The predicted octanol–water partition coefficient (Wildman–Crippen LogP) is -0.773. The summed E-state index contributed by atoms with van der Waals surface area (Å²) in [6, 6.07) is 8.12. The van der Waals surface area contributed by atoms with Crippen LogP contribution in [-0.2, 0) is 4.74 Å². The summed E-state index contributed by atoms with van der Waals surface area (Å²) in [5.74, 6) is -0.692. The van der Waals surface area contributed by atoms with E-state index in [1.165, 1.54) is 18.2 Å². The number of aliphatic hydroxyl groups is 4. The van der Waals surface area contributed by atoms with Gasteiger partial charge in [-0.2, -0.15) is 0 Å². The van der Waals surface area contributed by atoms with Gasteiger partial charge in [0.1, 0.15) is 24.9 Å². The number of benzene rings is 1. The van der Waals surface area contributed by atoms with Crippen molar-refractivity contribution in [3.05, 3.63) is 48.0 Å². The van der Waals surface area contributed by atoms with Gasteiger partial charge in [-0.3, -0.25) is 0 Å². The van der Waals surface area contributed by atoms with Gasteiger partial charge >= 0.3 is 5.97 Å². The van der Waals surface area contributed by atoms with Crippen molar-refractivity contribution in [2.75, 3.05) is 6.61 Å². The molecule has 4 atom stereocenters. The number of rotatable bonds is 3. The van der Waals surface area contributed by atoms with Crippen molar-refractivity contribution in [2.45, 2.75) is 23.9 Å². The largest absolute Gasteiger partial charge is 0.459 e. The van der Waals surface area contributed by atoms with Crippen molar-refractivity contribution in [2.24, 2.45) is 0 Å². The number of hydrogen-bond donors (Lipinski definition) is 4. The first kappa shape index (κ1) is 14.7. The minimum Gasteiger partial charge on any atom is -0.459 e. The highest BCUT2D eigenvalue weighted by Crippen LogP contribution is 2.25. The van der Waals surface area contributed by atoms with Gasteiger partial charge in [-0.15, -0.1) is 0 Å². The molecule has 0 saturated heterocycles. The van der Waals surface area contributed by atoms with Crippen molar-refractivity contribution < 1.29 is 30.0 Å². The second-order valence-electron chi connectivity index (χ2n) is 4.70. The van der Waals surface area contributed by atoms with Gasteiger partial charge in [0.15, 0.2) is 5.60 Å². The monoisotopic (exact) mass is 280 g/mol. The Kier molecular flexibility index (Phi) is 4.20. The summed E-state index contributed by atoms with van der Waals surface area (Å²) >= 11 is 0. The van der Waals surface area contributed by atoms with Gasteiger partial charge < -0.3 is 25.2 Å². The van der Waals surface area contributed by atoms with Crippen molar-refractivity contribution in [3.8, 4) is 0 Å². The molecule has 2 rings (SSSR count). The number of aliphatic hydroxyl groups excluding tert-OH is 3. The fourth-order valence-electron chi connectivity index (χ4n) is 1.97. The van der Waals surface area contributed by atoms with Crippen LogP contribution >= 0.6 is 0 Å². The first-order valence-electron chi connectivity index (χ1n) is 6.12. The summed E-state index contributed by atoms with van der Waals surface area (Å²) in [4.78, 5) is 11.7. The zero-order valence-corrected chi connectivity index (χ0v) is 10.6. The molecule has 0 heterocycles. The minimum absolute atomic E-state index is 0.284. The van der Waals surface area contributed by atoms with E-state index in [1.54, 1.807) is 18.2 Å². The molecular weight excluding hydrogens is 264 g/mol. The van der Waals surface area contributed by atoms with Gasteiger partial charge in [0.05, 0.1) is 5.56 Å². The lowest BCUT2D eigenvalue weighted by atomic mass is 9.83. The summed E-state index contributed by atoms with van der Waals surface area (Å²) in [7, 11) is 0. The molecule has 6 heteroatoms. The molecule has 0 unspecified atom stereocenters. The predicted molar refractivity (Wildman–Crippen MR) is 68.8 cm³/mol. The van der Waals surface area contributed by atoms with E-state index in [0.717, 1.165) is 6.08 Å². The zero-order chi connectivity index (χ0) is 14.8. The SMILES string of the molecule is O=C(OC[C@]1(O)[C@H](O)C=C[C@H](O)[C@H]1O)c1ccccc1. The smallest absolute Gasteiger partial charge is 0.338 e. The topological polar surface area (TPSA) is 107 Å². The Labute approximate surface area is 115 Å². The maximum Gasteiger partial charge on any atom is 0.338 e. The van der Waals surface area contributed by atoms with Crippen LogP contribution in [0.25, 0.3) is 0 Å². The molecule has 0 aliphatic heterocycles. The van der Waals surface area contributed by atoms with Crippen LogP contribution in [0.15, 0.2) is 42.5 Å². The fourth-order valence-corrected chi connectivity index (χ4v) is 1.97. The molecule has 20 heavy (non-hydrogen) atoms. The van der Waals surface area contributed by atoms with Crippen LogP contribution in [0.3, 0.4) is 0 Å². The van der Waals surface area contributed by atoms with Crippen molar-refractivity contribution >= 4 is 5.97 Å². The van der Waals surface area contributed by atoms with Crippen LogP contribution in [0, 0.1) is 0 Å². The second kappa shape index (κ2) is 5.72. The lowest BCUT2D eigenvalue weighted by Gasteiger charge is -2.39. The molecule has 1 aromatic carbocycles. The van der Waals surface area contributed by atoms with Crippen molar-refractivity contribution in [1.29, 1.82) is 0 Å². The molecule has 0 saturated carbocycles. The van der Waals surface area contributed by atoms with Crippen LogP contribution in [0.1, 0.15) is 10.4 Å². The number of esters is 1. The van der Waals surface area contributed by atoms with Crippen LogP contribution in [0.2, 0.25) is 0 Å². The van der Waals surface area contributed by atoms with Crippen molar-refractivity contribution in [1.82, 2.24) is 0 Å². The molecular formula is C14H16O6. The van der Waals surface area contributed by atoms with Crippen molar-refractivity contribution in [3.63, 3.8) is 0 Å². The molecule has 1 aliphatic carbocycles. The Balaban J connectivity index is 2.06. The van der Waals surface area contributed by atoms with E-state index in [1.807, 2.05) is 0 Å². The van der Waals surface area contributed by atoms with Gasteiger partial charge in [0.2, 0.25) is 0 Å². The lowest BCUT2D eigenvalue weighted by molar-refractivity contribution is -0.182. The molecule has 0 bridgehead atoms. The molecule has 0 amide bonds. The van der Waals surface area contributed by atoms with E-state index < -0.39 is 36.5 Å². The lowest BCUT2D eigenvalue weighted by Crippen LogP contribution is -2.61. The Hall–Kier alpha value is -1.73. The maximum absolute atomic E-state index is 11.7. The van der Waals surface area contributed by atoms with Crippen LogP contribution < -0.4 is 0 Å². The maximum atomic E-state index is 11.7. The van der Waals surface area contributed by atoms with Gasteiger partial charge in [-0.1, -0.05) is 30.4 Å². The summed E-state index contributed by atoms with van der Waals surface area (Å²) in [6.07, 6.45) is -2.11. The Morgan fingerprint density at radius 3 is 2.45 bits per heavy atom. The van der Waals surface area contributed by atoms with E-state index >= 15 is 0 Å². The molecule has 1 aromatic rings. The first-order valence-corrected chi connectivity index (χ1v) is 6.12. The molecule has 0 aromatic heterocycles. The van der Waals surface area contributed by atoms with E-state index in [-0.39, 0.29) is 5.56 Å². The average Bonchev–Trinajstić information content (AvgIpc) is 2.48. The van der Waals surface area contributed by atoms with Crippen LogP contribution in [0.4, 0.5) is 0 Å². The molecule has 108 valence electrons. The third-order valence-electron chi connectivity index (χ3n) is 3.28. The summed E-state index contributed by atoms with van der Waals surface area (Å²) in [5.41, 5.74) is -1.86. The normalized spacial score (nSPS) is 32.9. The third-order valence-corrected chi connectivity index (χ3v) is 3.28. The fraction of sp³-hybridized carbons (Fsp3) is 0.357. The number of carbonyl (C=O) groups excluding carboxylic acids is 1. The van der Waals surface area contributed by atoms with Gasteiger partial charge in [0, 0.05) is 0 Å². The molecule has 1 aliphatic rings. The Morgan fingerprint density at radius 1 is 1.15 bits per heavy atom. The summed E-state index contributed by atoms with van der Waals surface area (Å²) < 4.78 is 4.91. The standard InChI is InChI=1S/C14H16O6/c15-10-6-7-11(16)14(19,12(10)17)8-20-13(18)9-4-2-1-3-5-9/h1-7,10-12,15-17,19H,8H2/t10-,11+,12+,14-/m0/s1. The number of carbonyl (C=O) groups is 1. The highest BCUT2D eigenvalue weighted by molar-refractivity contribution is 5.89. The second-order valence-corrected chi connectivity index (χ2v) is 4.70. The molecule has 6 nitrogen and oxygen atoms in total. The minimum atomic E-state index is -2.14. The molecule has 4 N–H and O–H groups in total. The summed E-state index contributed by atoms with van der Waals surface area (Å²) in [6.45, 7) is -0.634. The molecule has 0 radical (unpaired) electrons. The van der Waals surface area contributed by atoms with Gasteiger partial charge in [-0.05, 0) is 12.1 Å². The van der Waals surface area contributed by atoms with E-state index in [9.17, 15) is 25.2 Å². The van der Waals surface area contributed by atoms with Gasteiger partial charge in [0.25, 0.3) is 0 Å². The number of hydrogen-bond acceptors (Lipinski definition) is 6. The number of ether oxygens (including phenoxy) is 1. The third kappa shape index (κ3) is 2.73. The molecule has 0 fully saturated rings. The Bertz CT molecular complexity index is 500. The zero-order valence-electron chi connectivity index (χ0n) is 10.6. The first-order chi connectivity index (χ1) is 9.45. The highest BCUT2D eigenvalue weighted by Gasteiger charge is 2.48. The summed E-state index contributed by atoms with van der Waals surface area (Å²) in [5, 5.41) is 39.1.